The van der Waals surface area contributed by atoms with E-state index in [9.17, 15) is 4.39 Å². The van der Waals surface area contributed by atoms with E-state index in [0.717, 1.165) is 30.4 Å². The molecule has 3 nitrogen and oxygen atoms in total. The quantitative estimate of drug-likeness (QED) is 0.827. The smallest absolute Gasteiger partial charge is 0.150 e. The molecule has 3 rings (SSSR count). The molecule has 0 spiro atoms. The summed E-state index contributed by atoms with van der Waals surface area (Å²) in [7, 11) is 0. The van der Waals surface area contributed by atoms with Gasteiger partial charge in [0.15, 0.2) is 5.01 Å². The van der Waals surface area contributed by atoms with Crippen molar-refractivity contribution in [3.63, 3.8) is 0 Å². The SMILES string of the molecule is Fc1ccc(Cl)cc1-c1nnc(CCCNC2CC2)s1. The number of aryl methyl sites for hydroxylation is 1. The molecule has 0 atom stereocenters. The van der Waals surface area contributed by atoms with Crippen LogP contribution in [0.25, 0.3) is 10.6 Å². The summed E-state index contributed by atoms with van der Waals surface area (Å²) in [6.07, 6.45) is 4.51. The van der Waals surface area contributed by atoms with Crippen LogP contribution in [0.2, 0.25) is 5.02 Å². The van der Waals surface area contributed by atoms with Crippen LogP contribution in [-0.2, 0) is 6.42 Å². The van der Waals surface area contributed by atoms with Crippen LogP contribution in [0, 0.1) is 5.82 Å². The van der Waals surface area contributed by atoms with Crippen LogP contribution >= 0.6 is 22.9 Å². The molecule has 1 N–H and O–H groups in total. The van der Waals surface area contributed by atoms with Crippen molar-refractivity contribution in [1.29, 1.82) is 0 Å². The third-order valence-corrected chi connectivity index (χ3v) is 4.45. The summed E-state index contributed by atoms with van der Waals surface area (Å²) in [6, 6.07) is 5.22. The Kier molecular flexibility index (Phi) is 4.29. The van der Waals surface area contributed by atoms with Crippen molar-refractivity contribution < 1.29 is 4.39 Å². The second kappa shape index (κ2) is 6.16. The predicted octanol–water partition coefficient (Wildman–Crippen LogP) is 3.68. The number of halogens is 2. The van der Waals surface area contributed by atoms with Crippen molar-refractivity contribution in [3.05, 3.63) is 34.0 Å². The van der Waals surface area contributed by atoms with Crippen molar-refractivity contribution in [3.8, 4) is 10.6 Å². The molecular formula is C14H15ClFN3S. The fourth-order valence-electron chi connectivity index (χ4n) is 1.96. The molecule has 0 saturated heterocycles. The lowest BCUT2D eigenvalue weighted by Gasteiger charge is -2.00. The van der Waals surface area contributed by atoms with Gasteiger partial charge in [0.05, 0.1) is 0 Å². The van der Waals surface area contributed by atoms with Gasteiger partial charge in [0.2, 0.25) is 0 Å². The second-order valence-corrected chi connectivity index (χ2v) is 6.46. The number of aromatic nitrogens is 2. The van der Waals surface area contributed by atoms with Crippen molar-refractivity contribution >= 4 is 22.9 Å². The van der Waals surface area contributed by atoms with E-state index >= 15 is 0 Å². The van der Waals surface area contributed by atoms with Crippen molar-refractivity contribution in [1.82, 2.24) is 15.5 Å². The van der Waals surface area contributed by atoms with E-state index in [4.69, 9.17) is 11.6 Å². The summed E-state index contributed by atoms with van der Waals surface area (Å²) in [6.45, 7) is 1.01. The summed E-state index contributed by atoms with van der Waals surface area (Å²) in [5.41, 5.74) is 0.428. The number of hydrogen-bond donors (Lipinski definition) is 1. The standard InChI is InChI=1S/C14H15ClFN3S/c15-9-3-6-12(16)11(8-9)14-19-18-13(20-14)2-1-7-17-10-4-5-10/h3,6,8,10,17H,1-2,4-5,7H2. The Hall–Kier alpha value is -1.04. The van der Waals surface area contributed by atoms with E-state index in [-0.39, 0.29) is 5.82 Å². The molecule has 1 aromatic carbocycles. The van der Waals surface area contributed by atoms with Crippen LogP contribution < -0.4 is 5.32 Å². The van der Waals surface area contributed by atoms with Crippen molar-refractivity contribution in [2.24, 2.45) is 0 Å². The van der Waals surface area contributed by atoms with Gasteiger partial charge in [-0.25, -0.2) is 4.39 Å². The molecule has 0 radical (unpaired) electrons. The lowest BCUT2D eigenvalue weighted by molar-refractivity contribution is 0.631. The molecular weight excluding hydrogens is 297 g/mol. The lowest BCUT2D eigenvalue weighted by Crippen LogP contribution is -2.17. The number of benzene rings is 1. The molecule has 1 aliphatic carbocycles. The first-order valence-electron chi connectivity index (χ1n) is 6.73. The summed E-state index contributed by atoms with van der Waals surface area (Å²) in [4.78, 5) is 0. The van der Waals surface area contributed by atoms with Gasteiger partial charge in [0, 0.05) is 23.0 Å². The van der Waals surface area contributed by atoms with Gasteiger partial charge in [-0.1, -0.05) is 22.9 Å². The van der Waals surface area contributed by atoms with Gasteiger partial charge in [0.1, 0.15) is 10.8 Å². The Morgan fingerprint density at radius 2 is 2.20 bits per heavy atom. The maximum Gasteiger partial charge on any atom is 0.150 e. The van der Waals surface area contributed by atoms with Crippen LogP contribution in [-0.4, -0.2) is 22.8 Å². The predicted molar refractivity (Wildman–Crippen MR) is 79.7 cm³/mol. The zero-order chi connectivity index (χ0) is 13.9. The Morgan fingerprint density at radius 1 is 1.35 bits per heavy atom. The van der Waals surface area contributed by atoms with E-state index in [2.05, 4.69) is 15.5 Å². The molecule has 20 heavy (non-hydrogen) atoms. The molecule has 1 saturated carbocycles. The molecule has 1 aliphatic rings. The molecule has 106 valence electrons. The Morgan fingerprint density at radius 3 is 3.00 bits per heavy atom. The average molecular weight is 312 g/mol. The summed E-state index contributed by atoms with van der Waals surface area (Å²) in [5, 5.41) is 13.7. The summed E-state index contributed by atoms with van der Waals surface area (Å²) < 4.78 is 13.7. The van der Waals surface area contributed by atoms with Crippen LogP contribution in [0.1, 0.15) is 24.3 Å². The second-order valence-electron chi connectivity index (χ2n) is 4.96. The van der Waals surface area contributed by atoms with Crippen LogP contribution in [0.4, 0.5) is 4.39 Å². The van der Waals surface area contributed by atoms with E-state index < -0.39 is 0 Å². The highest BCUT2D eigenvalue weighted by Gasteiger charge is 2.19. The molecule has 0 unspecified atom stereocenters. The molecule has 6 heteroatoms. The van der Waals surface area contributed by atoms with Gasteiger partial charge in [-0.3, -0.25) is 0 Å². The number of nitrogens with zero attached hydrogens (tertiary/aromatic N) is 2. The highest BCUT2D eigenvalue weighted by atomic mass is 35.5. The fourth-order valence-corrected chi connectivity index (χ4v) is 3.03. The van der Waals surface area contributed by atoms with Gasteiger partial charge in [-0.15, -0.1) is 10.2 Å². The lowest BCUT2D eigenvalue weighted by atomic mass is 10.2. The molecule has 1 heterocycles. The highest BCUT2D eigenvalue weighted by molar-refractivity contribution is 7.14. The summed E-state index contributed by atoms with van der Waals surface area (Å²) in [5.74, 6) is -0.312. The molecule has 2 aromatic rings. The molecule has 0 amide bonds. The van der Waals surface area contributed by atoms with Gasteiger partial charge < -0.3 is 5.32 Å². The van der Waals surface area contributed by atoms with Gasteiger partial charge >= 0.3 is 0 Å². The number of nitrogens with one attached hydrogen (secondary N) is 1. The largest absolute Gasteiger partial charge is 0.314 e. The summed E-state index contributed by atoms with van der Waals surface area (Å²) >= 11 is 7.33. The van der Waals surface area contributed by atoms with Crippen LogP contribution in [0.3, 0.4) is 0 Å². The van der Waals surface area contributed by atoms with Crippen molar-refractivity contribution in [2.45, 2.75) is 31.7 Å². The van der Waals surface area contributed by atoms with Gasteiger partial charge in [-0.05, 0) is 44.0 Å². The third-order valence-electron chi connectivity index (χ3n) is 3.20. The number of hydrogen-bond acceptors (Lipinski definition) is 4. The molecule has 1 fully saturated rings. The first-order chi connectivity index (χ1) is 9.72. The first-order valence-corrected chi connectivity index (χ1v) is 7.93. The Balaban J connectivity index is 1.61. The first kappa shape index (κ1) is 13.9. The maximum absolute atomic E-state index is 13.7. The third kappa shape index (κ3) is 3.53. The zero-order valence-corrected chi connectivity index (χ0v) is 12.5. The topological polar surface area (TPSA) is 37.8 Å². The van der Waals surface area contributed by atoms with Crippen LogP contribution in [0.5, 0.6) is 0 Å². The van der Waals surface area contributed by atoms with E-state index in [1.807, 2.05) is 0 Å². The van der Waals surface area contributed by atoms with E-state index in [0.29, 0.717) is 15.6 Å². The Labute approximate surface area is 126 Å². The van der Waals surface area contributed by atoms with E-state index in [1.165, 1.54) is 36.3 Å². The number of rotatable bonds is 6. The van der Waals surface area contributed by atoms with E-state index in [1.54, 1.807) is 6.07 Å². The minimum Gasteiger partial charge on any atom is -0.314 e. The van der Waals surface area contributed by atoms with Gasteiger partial charge in [0.25, 0.3) is 0 Å². The molecule has 1 aromatic heterocycles. The minimum absolute atomic E-state index is 0.312. The minimum atomic E-state index is -0.312. The van der Waals surface area contributed by atoms with Crippen molar-refractivity contribution in [2.75, 3.05) is 6.54 Å². The highest BCUT2D eigenvalue weighted by Crippen LogP contribution is 2.29. The average Bonchev–Trinajstić information content (AvgIpc) is 3.15. The maximum atomic E-state index is 13.7. The zero-order valence-electron chi connectivity index (χ0n) is 10.9. The Bertz CT molecular complexity index is 598. The molecule has 0 aliphatic heterocycles. The molecule has 0 bridgehead atoms. The van der Waals surface area contributed by atoms with Crippen LogP contribution in [0.15, 0.2) is 18.2 Å². The monoisotopic (exact) mass is 311 g/mol. The normalized spacial score (nSPS) is 14.7. The van der Waals surface area contributed by atoms with Gasteiger partial charge in [-0.2, -0.15) is 0 Å². The fraction of sp³-hybridized carbons (Fsp3) is 0.429.